The first-order valence-corrected chi connectivity index (χ1v) is 3.74. The van der Waals surface area contributed by atoms with Gasteiger partial charge >= 0.3 is 0 Å². The van der Waals surface area contributed by atoms with E-state index in [1.807, 2.05) is 0 Å². The summed E-state index contributed by atoms with van der Waals surface area (Å²) in [4.78, 5) is 16.7. The van der Waals surface area contributed by atoms with Gasteiger partial charge in [0.05, 0.1) is 0 Å². The molecule has 0 aliphatic heterocycles. The molecule has 1 aromatic rings. The Kier molecular flexibility index (Phi) is 18.0. The minimum atomic E-state index is 0. The van der Waals surface area contributed by atoms with Crippen LogP contribution in [-0.4, -0.2) is 17.6 Å². The molecule has 15 heavy (non-hydrogen) atoms. The predicted octanol–water partition coefficient (Wildman–Crippen LogP) is 1.28. The van der Waals surface area contributed by atoms with Gasteiger partial charge in [-0.15, -0.1) is 0 Å². The maximum absolute atomic E-state index is 8.35. The van der Waals surface area contributed by atoms with Crippen molar-refractivity contribution in [1.82, 2.24) is 0 Å². The Morgan fingerprint density at radius 3 is 1.27 bits per heavy atom. The Bertz CT molecular complexity index is 292. The molecule has 1 rings (SSSR count). The van der Waals surface area contributed by atoms with Crippen molar-refractivity contribution >= 4 is 12.2 Å². The molecule has 0 atom stereocenters. The highest BCUT2D eigenvalue weighted by molar-refractivity contribution is 5.26. The molecule has 0 aliphatic carbocycles. The number of nitrogens with one attached hydrogen (secondary N) is 2. The number of hydrogen-bond donors (Lipinski definition) is 2. The fourth-order valence-electron chi connectivity index (χ4n) is 0.663. The summed E-state index contributed by atoms with van der Waals surface area (Å²) in [6, 6.07) is 8.36. The lowest BCUT2D eigenvalue weighted by molar-refractivity contribution is 0.562. The third kappa shape index (κ3) is 14.8. The van der Waals surface area contributed by atoms with Crippen molar-refractivity contribution in [3.63, 3.8) is 0 Å². The first kappa shape index (κ1) is 18.7. The summed E-state index contributed by atoms with van der Waals surface area (Å²) in [6.07, 6.45) is 1.50. The smallest absolute Gasteiger partial charge is 0.231 e. The first-order valence-electron chi connectivity index (χ1n) is 3.74. The zero-order valence-corrected chi connectivity index (χ0v) is 8.63. The van der Waals surface area contributed by atoms with Gasteiger partial charge in [-0.1, -0.05) is 24.3 Å². The number of hydrogen-bond acceptors (Lipinski definition) is 4. The monoisotopic (exact) mass is 210 g/mol. The molecule has 0 amide bonds. The second-order valence-electron chi connectivity index (χ2n) is 2.29. The molecule has 82 valence electrons. The third-order valence-electron chi connectivity index (χ3n) is 1.43. The van der Waals surface area contributed by atoms with E-state index in [0.29, 0.717) is 0 Å². The van der Waals surface area contributed by atoms with Gasteiger partial charge in [-0.05, 0) is 25.0 Å². The second kappa shape index (κ2) is 14.5. The largest absolute Gasteiger partial charge is 0.412 e. The van der Waals surface area contributed by atoms with Crippen LogP contribution in [0.4, 0.5) is 0 Å². The molecule has 0 aromatic heterocycles. The quantitative estimate of drug-likeness (QED) is 0.496. The van der Waals surface area contributed by atoms with Crippen LogP contribution < -0.4 is 0 Å². The maximum Gasteiger partial charge on any atom is 0.231 e. The van der Waals surface area contributed by atoms with Gasteiger partial charge in [-0.3, -0.25) is 0 Å². The molecule has 0 unspecified atom stereocenters. The molecule has 0 radical (unpaired) electrons. The van der Waals surface area contributed by atoms with Gasteiger partial charge in [-0.2, -0.15) is 0 Å². The third-order valence-corrected chi connectivity index (χ3v) is 1.43. The SMILES string of the molecule is Cc1ccccc1C.N=C=O.N=C=O.O. The molecule has 0 aliphatic rings. The summed E-state index contributed by atoms with van der Waals surface area (Å²) >= 11 is 0. The molecule has 0 heterocycles. The van der Waals surface area contributed by atoms with Crippen molar-refractivity contribution < 1.29 is 15.1 Å². The molecule has 1 aromatic carbocycles. The van der Waals surface area contributed by atoms with Crippen molar-refractivity contribution in [3.05, 3.63) is 35.4 Å². The van der Waals surface area contributed by atoms with E-state index < -0.39 is 0 Å². The molecular weight excluding hydrogens is 196 g/mol. The summed E-state index contributed by atoms with van der Waals surface area (Å²) in [6.45, 7) is 4.24. The lowest BCUT2D eigenvalue weighted by atomic mass is 10.1. The number of rotatable bonds is 0. The normalized spacial score (nSPS) is 6.00. The molecule has 5 nitrogen and oxygen atoms in total. The van der Waals surface area contributed by atoms with Crippen molar-refractivity contribution in [2.75, 3.05) is 0 Å². The van der Waals surface area contributed by atoms with Gasteiger partial charge < -0.3 is 5.48 Å². The number of isocyanates is 2. The van der Waals surface area contributed by atoms with Gasteiger partial charge in [0.25, 0.3) is 0 Å². The molecule has 0 fully saturated rings. The van der Waals surface area contributed by atoms with E-state index in [9.17, 15) is 0 Å². The Labute approximate surface area is 88.1 Å². The van der Waals surface area contributed by atoms with E-state index in [2.05, 4.69) is 38.1 Å². The van der Waals surface area contributed by atoms with Gasteiger partial charge in [-0.25, -0.2) is 20.4 Å². The van der Waals surface area contributed by atoms with E-state index in [4.69, 9.17) is 20.4 Å². The Morgan fingerprint density at radius 1 is 0.933 bits per heavy atom. The van der Waals surface area contributed by atoms with Crippen LogP contribution in [0, 0.1) is 24.7 Å². The highest BCUT2D eigenvalue weighted by atomic mass is 16.1. The van der Waals surface area contributed by atoms with Crippen LogP contribution in [0.3, 0.4) is 0 Å². The van der Waals surface area contributed by atoms with Crippen LogP contribution in [-0.2, 0) is 9.59 Å². The Hall–Kier alpha value is -2.06. The molecule has 0 spiro atoms. The number of benzene rings is 1. The summed E-state index contributed by atoms with van der Waals surface area (Å²) in [5.41, 5.74) is 2.74. The lowest BCUT2D eigenvalue weighted by Crippen LogP contribution is -1.74. The number of aryl methyl sites for hydroxylation is 2. The maximum atomic E-state index is 8.35. The lowest BCUT2D eigenvalue weighted by Gasteiger charge is -1.93. The number of carbonyl (C=O) groups excluding carboxylic acids is 2. The van der Waals surface area contributed by atoms with Gasteiger partial charge in [0, 0.05) is 0 Å². The van der Waals surface area contributed by atoms with E-state index >= 15 is 0 Å². The van der Waals surface area contributed by atoms with Crippen molar-refractivity contribution in [2.45, 2.75) is 13.8 Å². The van der Waals surface area contributed by atoms with Gasteiger partial charge in [0.1, 0.15) is 0 Å². The van der Waals surface area contributed by atoms with Crippen LogP contribution >= 0.6 is 0 Å². The van der Waals surface area contributed by atoms with E-state index in [1.165, 1.54) is 11.1 Å². The molecule has 0 saturated carbocycles. The average molecular weight is 210 g/mol. The summed E-state index contributed by atoms with van der Waals surface area (Å²) in [5.74, 6) is 0. The summed E-state index contributed by atoms with van der Waals surface area (Å²) < 4.78 is 0. The van der Waals surface area contributed by atoms with E-state index in [1.54, 1.807) is 0 Å². The zero-order valence-electron chi connectivity index (χ0n) is 8.63. The van der Waals surface area contributed by atoms with Crippen LogP contribution in [0.15, 0.2) is 24.3 Å². The molecule has 4 N–H and O–H groups in total. The fourth-order valence-corrected chi connectivity index (χ4v) is 0.663. The minimum Gasteiger partial charge on any atom is -0.412 e. The van der Waals surface area contributed by atoms with E-state index in [0.717, 1.165) is 12.2 Å². The average Bonchev–Trinajstić information content (AvgIpc) is 2.13. The molecular formula is C10H14N2O3. The van der Waals surface area contributed by atoms with Crippen molar-refractivity contribution in [2.24, 2.45) is 0 Å². The minimum absolute atomic E-state index is 0. The van der Waals surface area contributed by atoms with Crippen LogP contribution in [0.1, 0.15) is 11.1 Å². The van der Waals surface area contributed by atoms with Crippen LogP contribution in [0.2, 0.25) is 0 Å². The van der Waals surface area contributed by atoms with Crippen LogP contribution in [0.25, 0.3) is 0 Å². The van der Waals surface area contributed by atoms with E-state index in [-0.39, 0.29) is 5.48 Å². The summed E-state index contributed by atoms with van der Waals surface area (Å²) in [7, 11) is 0. The molecule has 5 heteroatoms. The van der Waals surface area contributed by atoms with Gasteiger partial charge in [0.2, 0.25) is 12.2 Å². The summed E-state index contributed by atoms with van der Waals surface area (Å²) in [5, 5.41) is 10.8. The fraction of sp³-hybridized carbons (Fsp3) is 0.200. The zero-order chi connectivity index (χ0) is 11.4. The van der Waals surface area contributed by atoms with Crippen molar-refractivity contribution in [3.8, 4) is 0 Å². The highest BCUT2D eigenvalue weighted by Gasteiger charge is 1.83. The predicted molar refractivity (Wildman–Crippen MR) is 56.4 cm³/mol. The first-order chi connectivity index (χ1) is 6.63. The topological polar surface area (TPSA) is 113 Å². The molecule has 0 saturated heterocycles. The standard InChI is InChI=1S/C8H10.2CHNO.H2O/c1-7-5-3-4-6-8(7)2;2*2-1-3;/h3-6H,1-2H3;2*2H;1H2. The van der Waals surface area contributed by atoms with Crippen LogP contribution in [0.5, 0.6) is 0 Å². The highest BCUT2D eigenvalue weighted by Crippen LogP contribution is 2.02. The Balaban J connectivity index is -0.000000177. The molecule has 0 bridgehead atoms. The van der Waals surface area contributed by atoms with Gasteiger partial charge in [0.15, 0.2) is 0 Å². The van der Waals surface area contributed by atoms with Crippen molar-refractivity contribution in [1.29, 1.82) is 10.8 Å². The second-order valence-corrected chi connectivity index (χ2v) is 2.29. The Morgan fingerprint density at radius 2 is 1.13 bits per heavy atom.